The van der Waals surface area contributed by atoms with E-state index in [1.807, 2.05) is 26.0 Å². The minimum atomic E-state index is -1.05. The summed E-state index contributed by atoms with van der Waals surface area (Å²) in [4.78, 5) is 11.0. The van der Waals surface area contributed by atoms with Crippen LogP contribution in [0.5, 0.6) is 11.5 Å². The van der Waals surface area contributed by atoms with Crippen molar-refractivity contribution in [2.45, 2.75) is 26.5 Å². The summed E-state index contributed by atoms with van der Waals surface area (Å²) >= 11 is 9.47. The highest BCUT2D eigenvalue weighted by atomic mass is 79.9. The van der Waals surface area contributed by atoms with E-state index in [9.17, 15) is 4.79 Å². The van der Waals surface area contributed by atoms with Crippen molar-refractivity contribution in [2.75, 3.05) is 12.4 Å². The molecular formula is C18H19BrClNO4. The highest BCUT2D eigenvalue weighted by Gasteiger charge is 2.15. The number of methoxy groups -OCH3 is 1. The number of carboxylic acids is 1. The summed E-state index contributed by atoms with van der Waals surface area (Å²) in [6, 6.07) is 8.52. The SMILES string of the molecule is COc1cc(Br)cc(CNc2ccc(C(=O)O)c(Cl)c2)c1OC(C)C. The Morgan fingerprint density at radius 2 is 2.04 bits per heavy atom. The Kier molecular flexibility index (Phi) is 6.56. The first-order valence-electron chi connectivity index (χ1n) is 7.61. The van der Waals surface area contributed by atoms with E-state index in [1.165, 1.54) is 6.07 Å². The van der Waals surface area contributed by atoms with Gasteiger partial charge in [-0.1, -0.05) is 27.5 Å². The largest absolute Gasteiger partial charge is 0.493 e. The normalized spacial score (nSPS) is 10.6. The molecule has 0 amide bonds. The van der Waals surface area contributed by atoms with Gasteiger partial charge in [0.25, 0.3) is 0 Å². The molecule has 0 radical (unpaired) electrons. The first-order chi connectivity index (χ1) is 11.8. The van der Waals surface area contributed by atoms with Crippen LogP contribution in [0.3, 0.4) is 0 Å². The number of benzene rings is 2. The number of aromatic carboxylic acids is 1. The van der Waals surface area contributed by atoms with Crippen LogP contribution < -0.4 is 14.8 Å². The number of ether oxygens (including phenoxy) is 2. The van der Waals surface area contributed by atoms with Gasteiger partial charge >= 0.3 is 5.97 Å². The summed E-state index contributed by atoms with van der Waals surface area (Å²) in [5.74, 6) is 0.251. The molecule has 0 aromatic heterocycles. The Morgan fingerprint density at radius 3 is 2.60 bits per heavy atom. The molecule has 25 heavy (non-hydrogen) atoms. The van der Waals surface area contributed by atoms with Crippen molar-refractivity contribution in [3.8, 4) is 11.5 Å². The van der Waals surface area contributed by atoms with E-state index in [2.05, 4.69) is 21.2 Å². The van der Waals surface area contributed by atoms with Gasteiger partial charge in [-0.15, -0.1) is 0 Å². The summed E-state index contributed by atoms with van der Waals surface area (Å²) < 4.78 is 12.2. The number of hydrogen-bond acceptors (Lipinski definition) is 4. The summed E-state index contributed by atoms with van der Waals surface area (Å²) in [6.07, 6.45) is -0.00174. The molecule has 0 aliphatic carbocycles. The Labute approximate surface area is 160 Å². The monoisotopic (exact) mass is 427 g/mol. The van der Waals surface area contributed by atoms with Gasteiger partial charge in [-0.3, -0.25) is 0 Å². The van der Waals surface area contributed by atoms with E-state index in [4.69, 9.17) is 26.2 Å². The van der Waals surface area contributed by atoms with Gasteiger partial charge in [0.05, 0.1) is 23.8 Å². The number of rotatable bonds is 7. The second-order valence-electron chi connectivity index (χ2n) is 5.62. The Morgan fingerprint density at radius 1 is 1.32 bits per heavy atom. The molecule has 7 heteroatoms. The molecule has 0 bridgehead atoms. The fourth-order valence-electron chi connectivity index (χ4n) is 2.27. The van der Waals surface area contributed by atoms with E-state index in [1.54, 1.807) is 19.2 Å². The minimum Gasteiger partial charge on any atom is -0.493 e. The highest BCUT2D eigenvalue weighted by molar-refractivity contribution is 9.10. The van der Waals surface area contributed by atoms with Crippen molar-refractivity contribution in [1.82, 2.24) is 0 Å². The van der Waals surface area contributed by atoms with Gasteiger partial charge < -0.3 is 19.9 Å². The third kappa shape index (κ3) is 5.03. The molecule has 0 aliphatic heterocycles. The molecule has 2 aromatic rings. The fraction of sp³-hybridized carbons (Fsp3) is 0.278. The first-order valence-corrected chi connectivity index (χ1v) is 8.78. The molecule has 0 saturated carbocycles. The smallest absolute Gasteiger partial charge is 0.337 e. The van der Waals surface area contributed by atoms with Gasteiger partial charge in [-0.2, -0.15) is 0 Å². The lowest BCUT2D eigenvalue weighted by atomic mass is 10.1. The Balaban J connectivity index is 2.26. The molecule has 2 rings (SSSR count). The average molecular weight is 429 g/mol. The van der Waals surface area contributed by atoms with Gasteiger partial charge in [0.15, 0.2) is 11.5 Å². The summed E-state index contributed by atoms with van der Waals surface area (Å²) in [5, 5.41) is 12.4. The molecule has 134 valence electrons. The highest BCUT2D eigenvalue weighted by Crippen LogP contribution is 2.36. The lowest BCUT2D eigenvalue weighted by Gasteiger charge is -2.19. The van der Waals surface area contributed by atoms with Gasteiger partial charge in [0.1, 0.15) is 0 Å². The van der Waals surface area contributed by atoms with E-state index in [-0.39, 0.29) is 16.7 Å². The van der Waals surface area contributed by atoms with Crippen LogP contribution in [0.4, 0.5) is 5.69 Å². The first kappa shape index (κ1) is 19.4. The number of hydrogen-bond donors (Lipinski definition) is 2. The number of anilines is 1. The Bertz CT molecular complexity index is 780. The van der Waals surface area contributed by atoms with Crippen LogP contribution in [-0.2, 0) is 6.54 Å². The molecular weight excluding hydrogens is 410 g/mol. The third-order valence-corrected chi connectivity index (χ3v) is 4.12. The molecule has 0 aliphatic rings. The van der Waals surface area contributed by atoms with Crippen molar-refractivity contribution < 1.29 is 19.4 Å². The van der Waals surface area contributed by atoms with Gasteiger partial charge in [0, 0.05) is 22.3 Å². The van der Waals surface area contributed by atoms with Gasteiger partial charge in [0.2, 0.25) is 0 Å². The quantitative estimate of drug-likeness (QED) is 0.634. The van der Waals surface area contributed by atoms with Crippen LogP contribution in [0.15, 0.2) is 34.8 Å². The number of nitrogens with one attached hydrogen (secondary N) is 1. The topological polar surface area (TPSA) is 67.8 Å². The van der Waals surface area contributed by atoms with Crippen LogP contribution in [-0.4, -0.2) is 24.3 Å². The van der Waals surface area contributed by atoms with Gasteiger partial charge in [-0.25, -0.2) is 4.79 Å². The molecule has 0 heterocycles. The second kappa shape index (κ2) is 8.45. The molecule has 0 unspecified atom stereocenters. The second-order valence-corrected chi connectivity index (χ2v) is 6.94. The van der Waals surface area contributed by atoms with Gasteiger partial charge in [-0.05, 0) is 44.2 Å². The lowest BCUT2D eigenvalue weighted by Crippen LogP contribution is -2.11. The van der Waals surface area contributed by atoms with Crippen molar-refractivity contribution >= 4 is 39.2 Å². The fourth-order valence-corrected chi connectivity index (χ4v) is 3.02. The van der Waals surface area contributed by atoms with E-state index < -0.39 is 5.97 Å². The Hall–Kier alpha value is -1.92. The van der Waals surface area contributed by atoms with Crippen molar-refractivity contribution in [1.29, 1.82) is 0 Å². The zero-order valence-corrected chi connectivity index (χ0v) is 16.4. The third-order valence-electron chi connectivity index (χ3n) is 3.35. The standard InChI is InChI=1S/C18H19BrClNO4/c1-10(2)25-17-11(6-12(19)7-16(17)24-3)9-21-13-4-5-14(18(22)23)15(20)8-13/h4-8,10,21H,9H2,1-3H3,(H,22,23). The van der Waals surface area contributed by atoms with E-state index >= 15 is 0 Å². The van der Waals surface area contributed by atoms with Crippen molar-refractivity contribution in [3.05, 3.63) is 51.0 Å². The maximum absolute atomic E-state index is 11.0. The number of carbonyl (C=O) groups is 1. The predicted molar refractivity (Wildman–Crippen MR) is 102 cm³/mol. The maximum atomic E-state index is 11.0. The van der Waals surface area contributed by atoms with Crippen molar-refractivity contribution in [2.24, 2.45) is 0 Å². The van der Waals surface area contributed by atoms with Crippen LogP contribution in [0.25, 0.3) is 0 Å². The number of halogens is 2. The zero-order chi connectivity index (χ0) is 18.6. The molecule has 2 aromatic carbocycles. The van der Waals surface area contributed by atoms with Crippen LogP contribution in [0.2, 0.25) is 5.02 Å². The maximum Gasteiger partial charge on any atom is 0.337 e. The molecule has 5 nitrogen and oxygen atoms in total. The minimum absolute atomic E-state index is 0.00174. The molecule has 2 N–H and O–H groups in total. The van der Waals surface area contributed by atoms with E-state index in [0.717, 1.165) is 10.0 Å². The van der Waals surface area contributed by atoms with Crippen LogP contribution in [0, 0.1) is 0 Å². The molecule has 0 spiro atoms. The van der Waals surface area contributed by atoms with Crippen molar-refractivity contribution in [3.63, 3.8) is 0 Å². The van der Waals surface area contributed by atoms with E-state index in [0.29, 0.717) is 23.7 Å². The average Bonchev–Trinajstić information content (AvgIpc) is 2.53. The summed E-state index contributed by atoms with van der Waals surface area (Å²) in [7, 11) is 1.59. The predicted octanol–water partition coefficient (Wildman–Crippen LogP) is 5.21. The molecule has 0 fully saturated rings. The molecule has 0 saturated heterocycles. The summed E-state index contributed by atoms with van der Waals surface area (Å²) in [6.45, 7) is 4.35. The number of carboxylic acid groups (broad SMARTS) is 1. The lowest BCUT2D eigenvalue weighted by molar-refractivity contribution is 0.0697. The molecule has 0 atom stereocenters. The van der Waals surface area contributed by atoms with Crippen LogP contribution >= 0.6 is 27.5 Å². The van der Waals surface area contributed by atoms with Crippen LogP contribution in [0.1, 0.15) is 29.8 Å². The zero-order valence-electron chi connectivity index (χ0n) is 14.1. The summed E-state index contributed by atoms with van der Waals surface area (Å²) in [5.41, 5.74) is 1.68.